The Balaban J connectivity index is 1.31. The molecule has 6 nitrogen and oxygen atoms in total. The van der Waals surface area contributed by atoms with Gasteiger partial charge in [0.05, 0.1) is 4.90 Å². The van der Waals surface area contributed by atoms with Gasteiger partial charge in [0.2, 0.25) is 10.0 Å². The zero-order chi connectivity index (χ0) is 20.4. The van der Waals surface area contributed by atoms with Crippen molar-refractivity contribution in [2.75, 3.05) is 26.2 Å². The predicted molar refractivity (Wildman–Crippen MR) is 107 cm³/mol. The molecule has 0 bridgehead atoms. The van der Waals surface area contributed by atoms with Crippen LogP contribution >= 0.6 is 0 Å². The van der Waals surface area contributed by atoms with Crippen molar-refractivity contribution in [3.8, 4) is 0 Å². The van der Waals surface area contributed by atoms with Crippen molar-refractivity contribution in [2.45, 2.75) is 30.7 Å². The van der Waals surface area contributed by atoms with Crippen molar-refractivity contribution in [1.29, 1.82) is 0 Å². The van der Waals surface area contributed by atoms with Crippen LogP contribution in [-0.4, -0.2) is 49.8 Å². The summed E-state index contributed by atoms with van der Waals surface area (Å²) in [5, 5.41) is 2.93. The van der Waals surface area contributed by atoms with E-state index in [2.05, 4.69) is 23.5 Å². The number of sulfonamides is 1. The van der Waals surface area contributed by atoms with E-state index in [1.54, 1.807) is 4.90 Å². The molecule has 0 saturated carbocycles. The number of piperazine rings is 1. The first-order valence-corrected chi connectivity index (χ1v) is 11.3. The third-order valence-electron chi connectivity index (χ3n) is 5.58. The van der Waals surface area contributed by atoms with E-state index in [1.165, 1.54) is 34.0 Å². The molecule has 8 heteroatoms. The number of halogens is 1. The number of benzene rings is 2. The van der Waals surface area contributed by atoms with Crippen molar-refractivity contribution < 1.29 is 17.6 Å². The summed E-state index contributed by atoms with van der Waals surface area (Å²) in [6, 6.07) is 11.0. The molecule has 2 aromatic rings. The van der Waals surface area contributed by atoms with Crippen LogP contribution in [0, 0.1) is 5.82 Å². The summed E-state index contributed by atoms with van der Waals surface area (Å²) in [6.07, 6.45) is 3.42. The number of hydrogen-bond donors (Lipinski definition) is 1. The number of urea groups is 1. The molecule has 2 aliphatic rings. The molecule has 0 radical (unpaired) electrons. The van der Waals surface area contributed by atoms with Gasteiger partial charge in [0.1, 0.15) is 5.82 Å². The van der Waals surface area contributed by atoms with Gasteiger partial charge in [-0.1, -0.05) is 18.2 Å². The monoisotopic (exact) mass is 417 g/mol. The van der Waals surface area contributed by atoms with Gasteiger partial charge in [-0.05, 0) is 60.2 Å². The highest BCUT2D eigenvalue weighted by Gasteiger charge is 2.30. The first-order valence-electron chi connectivity index (χ1n) is 9.83. The molecule has 0 aromatic heterocycles. The number of hydrogen-bond acceptors (Lipinski definition) is 3. The van der Waals surface area contributed by atoms with E-state index in [9.17, 15) is 17.6 Å². The second-order valence-corrected chi connectivity index (χ2v) is 9.40. The normalized spacial score (nSPS) is 17.2. The fourth-order valence-corrected chi connectivity index (χ4v) is 5.33. The standard InChI is InChI=1S/C21H24FN3O3S/c22-19-6-8-20(9-7-19)29(27,28)25-12-10-24(11-13-25)21(26)23-15-16-4-5-17-2-1-3-18(17)14-16/h4-9,14H,1-3,10-13,15H2,(H,23,26). The van der Waals surface area contributed by atoms with Crippen LogP contribution in [0.25, 0.3) is 0 Å². The summed E-state index contributed by atoms with van der Waals surface area (Å²) >= 11 is 0. The molecule has 2 aromatic carbocycles. The van der Waals surface area contributed by atoms with Crippen LogP contribution in [0.5, 0.6) is 0 Å². The van der Waals surface area contributed by atoms with Crippen molar-refractivity contribution >= 4 is 16.1 Å². The molecule has 0 unspecified atom stereocenters. The first-order chi connectivity index (χ1) is 13.9. The molecule has 1 fully saturated rings. The highest BCUT2D eigenvalue weighted by atomic mass is 32.2. The second kappa shape index (κ2) is 8.12. The Morgan fingerprint density at radius 2 is 1.66 bits per heavy atom. The zero-order valence-electron chi connectivity index (χ0n) is 16.1. The van der Waals surface area contributed by atoms with Gasteiger partial charge in [0.15, 0.2) is 0 Å². The molecule has 154 valence electrons. The van der Waals surface area contributed by atoms with Gasteiger partial charge in [0, 0.05) is 32.7 Å². The van der Waals surface area contributed by atoms with E-state index in [0.29, 0.717) is 19.6 Å². The van der Waals surface area contributed by atoms with Gasteiger partial charge in [-0.25, -0.2) is 17.6 Å². The van der Waals surface area contributed by atoms with Crippen molar-refractivity contribution in [3.63, 3.8) is 0 Å². The largest absolute Gasteiger partial charge is 0.334 e. The van der Waals surface area contributed by atoms with Crippen molar-refractivity contribution in [1.82, 2.24) is 14.5 Å². The number of fused-ring (bicyclic) bond motifs is 1. The van der Waals surface area contributed by atoms with Crippen LogP contribution in [0.4, 0.5) is 9.18 Å². The third-order valence-corrected chi connectivity index (χ3v) is 7.50. The SMILES string of the molecule is O=C(NCc1ccc2c(c1)CCC2)N1CCN(S(=O)(=O)c2ccc(F)cc2)CC1. The molecule has 1 saturated heterocycles. The summed E-state index contributed by atoms with van der Waals surface area (Å²) in [5.41, 5.74) is 3.85. The maximum atomic E-state index is 13.1. The highest BCUT2D eigenvalue weighted by Crippen LogP contribution is 2.23. The number of nitrogens with zero attached hydrogens (tertiary/aromatic N) is 2. The van der Waals surface area contributed by atoms with Crippen LogP contribution in [0.2, 0.25) is 0 Å². The molecule has 2 amide bonds. The van der Waals surface area contributed by atoms with Crippen LogP contribution < -0.4 is 5.32 Å². The molecule has 1 N–H and O–H groups in total. The first kappa shape index (κ1) is 19.8. The number of carbonyl (C=O) groups excluding carboxylic acids is 1. The Kier molecular flexibility index (Phi) is 5.56. The lowest BCUT2D eigenvalue weighted by atomic mass is 10.1. The van der Waals surface area contributed by atoms with E-state index < -0.39 is 15.8 Å². The zero-order valence-corrected chi connectivity index (χ0v) is 16.9. The highest BCUT2D eigenvalue weighted by molar-refractivity contribution is 7.89. The lowest BCUT2D eigenvalue weighted by Crippen LogP contribution is -2.52. The predicted octanol–water partition coefficient (Wildman–Crippen LogP) is 2.53. The molecule has 1 aliphatic carbocycles. The van der Waals surface area contributed by atoms with Crippen LogP contribution in [-0.2, 0) is 29.4 Å². The van der Waals surface area contributed by atoms with Gasteiger partial charge < -0.3 is 10.2 Å². The van der Waals surface area contributed by atoms with Crippen LogP contribution in [0.1, 0.15) is 23.1 Å². The van der Waals surface area contributed by atoms with Gasteiger partial charge in [0.25, 0.3) is 0 Å². The van der Waals surface area contributed by atoms with Gasteiger partial charge in [-0.3, -0.25) is 0 Å². The Morgan fingerprint density at radius 1 is 0.966 bits per heavy atom. The quantitative estimate of drug-likeness (QED) is 0.831. The van der Waals surface area contributed by atoms with Gasteiger partial charge in [-0.15, -0.1) is 0 Å². The third kappa shape index (κ3) is 4.28. The number of nitrogens with one attached hydrogen (secondary N) is 1. The van der Waals surface area contributed by atoms with E-state index in [0.717, 1.165) is 30.5 Å². The molecule has 1 aliphatic heterocycles. The topological polar surface area (TPSA) is 69.7 Å². The lowest BCUT2D eigenvalue weighted by molar-refractivity contribution is 0.172. The second-order valence-electron chi connectivity index (χ2n) is 7.46. The summed E-state index contributed by atoms with van der Waals surface area (Å²) in [4.78, 5) is 14.2. The van der Waals surface area contributed by atoms with E-state index in [1.807, 2.05) is 0 Å². The Hall–Kier alpha value is -2.45. The summed E-state index contributed by atoms with van der Waals surface area (Å²) in [6.45, 7) is 1.52. The smallest absolute Gasteiger partial charge is 0.317 e. The van der Waals surface area contributed by atoms with Gasteiger partial charge >= 0.3 is 6.03 Å². The number of amides is 2. The minimum Gasteiger partial charge on any atom is -0.334 e. The molecule has 0 spiro atoms. The van der Waals surface area contributed by atoms with E-state index >= 15 is 0 Å². The fraction of sp³-hybridized carbons (Fsp3) is 0.381. The Labute approximate surface area is 170 Å². The Morgan fingerprint density at radius 3 is 2.38 bits per heavy atom. The molecule has 0 atom stereocenters. The number of rotatable bonds is 4. The molecular formula is C21H24FN3O3S. The summed E-state index contributed by atoms with van der Waals surface area (Å²) < 4.78 is 39.7. The molecule has 29 heavy (non-hydrogen) atoms. The molecule has 1 heterocycles. The van der Waals surface area contributed by atoms with Crippen LogP contribution in [0.3, 0.4) is 0 Å². The molecular weight excluding hydrogens is 393 g/mol. The molecule has 4 rings (SSSR count). The number of carbonyl (C=O) groups is 1. The Bertz CT molecular complexity index is 1000. The minimum atomic E-state index is -3.68. The summed E-state index contributed by atoms with van der Waals surface area (Å²) in [5.74, 6) is -0.478. The van der Waals surface area contributed by atoms with Crippen molar-refractivity contribution in [3.05, 3.63) is 65.0 Å². The van der Waals surface area contributed by atoms with E-state index in [4.69, 9.17) is 0 Å². The number of aryl methyl sites for hydroxylation is 2. The lowest BCUT2D eigenvalue weighted by Gasteiger charge is -2.34. The van der Waals surface area contributed by atoms with E-state index in [-0.39, 0.29) is 24.0 Å². The van der Waals surface area contributed by atoms with Crippen LogP contribution in [0.15, 0.2) is 47.4 Å². The maximum Gasteiger partial charge on any atom is 0.317 e. The maximum absolute atomic E-state index is 13.1. The summed E-state index contributed by atoms with van der Waals surface area (Å²) in [7, 11) is -3.68. The average molecular weight is 418 g/mol. The van der Waals surface area contributed by atoms with Gasteiger partial charge in [-0.2, -0.15) is 4.31 Å². The van der Waals surface area contributed by atoms with Crippen molar-refractivity contribution in [2.24, 2.45) is 0 Å². The minimum absolute atomic E-state index is 0.0633. The average Bonchev–Trinajstić information content (AvgIpc) is 3.20. The fourth-order valence-electron chi connectivity index (χ4n) is 3.91.